The van der Waals surface area contributed by atoms with Gasteiger partial charge in [0.2, 0.25) is 5.91 Å². The van der Waals surface area contributed by atoms with Crippen LogP contribution in [-0.2, 0) is 22.7 Å². The number of likely N-dealkylation sites (tertiary alicyclic amines) is 2. The van der Waals surface area contributed by atoms with Crippen LogP contribution >= 0.6 is 0 Å². The first-order valence-corrected chi connectivity index (χ1v) is 10.1. The van der Waals surface area contributed by atoms with E-state index in [4.69, 9.17) is 9.90 Å². The fourth-order valence-electron chi connectivity index (χ4n) is 4.09. The third-order valence-electron chi connectivity index (χ3n) is 5.65. The van der Waals surface area contributed by atoms with E-state index in [2.05, 4.69) is 9.88 Å². The first-order chi connectivity index (χ1) is 15.1. The van der Waals surface area contributed by atoms with E-state index in [1.807, 2.05) is 35.4 Å². The summed E-state index contributed by atoms with van der Waals surface area (Å²) in [6, 6.07) is 12.5. The summed E-state index contributed by atoms with van der Waals surface area (Å²) in [5, 5.41) is 7.12. The highest BCUT2D eigenvalue weighted by molar-refractivity contribution is 5.85. The number of alkyl halides is 3. The van der Waals surface area contributed by atoms with Crippen LogP contribution in [0, 0.1) is 11.2 Å². The maximum Gasteiger partial charge on any atom is 0.490 e. The van der Waals surface area contributed by atoms with Crippen LogP contribution in [0.25, 0.3) is 0 Å². The second-order valence-electron chi connectivity index (χ2n) is 7.97. The fraction of sp³-hybridized carbons (Fsp3) is 0.409. The van der Waals surface area contributed by atoms with Crippen molar-refractivity contribution in [2.75, 3.05) is 19.6 Å². The normalized spacial score (nSPS) is 21.0. The Morgan fingerprint density at radius 3 is 2.44 bits per heavy atom. The minimum absolute atomic E-state index is 0.222. The molecule has 0 bridgehead atoms. The Morgan fingerprint density at radius 1 is 1.09 bits per heavy atom. The van der Waals surface area contributed by atoms with Gasteiger partial charge < -0.3 is 10.0 Å². The number of nitrogens with zero attached hydrogens (tertiary/aromatic N) is 3. The van der Waals surface area contributed by atoms with Crippen molar-refractivity contribution in [3.05, 3.63) is 65.7 Å². The molecule has 1 unspecified atom stereocenters. The highest BCUT2D eigenvalue weighted by Crippen LogP contribution is 2.41. The van der Waals surface area contributed by atoms with Crippen LogP contribution < -0.4 is 0 Å². The van der Waals surface area contributed by atoms with E-state index < -0.39 is 12.1 Å². The van der Waals surface area contributed by atoms with Crippen LogP contribution in [0.15, 0.2) is 48.7 Å². The highest BCUT2D eigenvalue weighted by atomic mass is 19.4. The van der Waals surface area contributed by atoms with Gasteiger partial charge in [0.25, 0.3) is 0 Å². The molecule has 10 heteroatoms. The first-order valence-electron chi connectivity index (χ1n) is 10.1. The number of hydrogen-bond acceptors (Lipinski definition) is 4. The third kappa shape index (κ3) is 5.82. The number of rotatable bonds is 4. The summed E-state index contributed by atoms with van der Waals surface area (Å²) in [6.07, 6.45) is -1.49. The molecule has 0 radical (unpaired) electrons. The summed E-state index contributed by atoms with van der Waals surface area (Å²) < 4.78 is 45.1. The van der Waals surface area contributed by atoms with Gasteiger partial charge in [-0.25, -0.2) is 9.18 Å². The molecule has 4 rings (SSSR count). The molecule has 2 saturated heterocycles. The van der Waals surface area contributed by atoms with Crippen LogP contribution in [-0.4, -0.2) is 57.6 Å². The van der Waals surface area contributed by atoms with Crippen LogP contribution in [0.3, 0.4) is 0 Å². The second-order valence-corrected chi connectivity index (χ2v) is 7.97. The second kappa shape index (κ2) is 9.64. The van der Waals surface area contributed by atoms with E-state index in [1.165, 1.54) is 12.1 Å². The molecule has 2 aliphatic heterocycles. The summed E-state index contributed by atoms with van der Waals surface area (Å²) in [6.45, 7) is 3.77. The monoisotopic (exact) mass is 453 g/mol. The zero-order valence-corrected chi connectivity index (χ0v) is 17.2. The lowest BCUT2D eigenvalue weighted by atomic mass is 9.85. The van der Waals surface area contributed by atoms with E-state index in [1.54, 1.807) is 6.07 Å². The molecule has 1 aromatic heterocycles. The number of carboxylic acid groups (broad SMARTS) is 1. The van der Waals surface area contributed by atoms with Gasteiger partial charge in [-0.05, 0) is 49.2 Å². The number of hydrogen-bond donors (Lipinski definition) is 1. The average Bonchev–Trinajstić information content (AvgIpc) is 3.27. The van der Waals surface area contributed by atoms with Crippen LogP contribution in [0.5, 0.6) is 0 Å². The number of aliphatic carboxylic acids is 1. The number of carbonyl (C=O) groups excluding carboxylic acids is 1. The molecule has 0 saturated carbocycles. The molecule has 2 aliphatic rings. The van der Waals surface area contributed by atoms with E-state index in [9.17, 15) is 22.4 Å². The molecule has 32 heavy (non-hydrogen) atoms. The van der Waals surface area contributed by atoms with E-state index >= 15 is 0 Å². The van der Waals surface area contributed by atoms with Crippen molar-refractivity contribution in [1.29, 1.82) is 0 Å². The summed E-state index contributed by atoms with van der Waals surface area (Å²) >= 11 is 0. The molecule has 1 aromatic carbocycles. The van der Waals surface area contributed by atoms with Gasteiger partial charge in [-0.15, -0.1) is 0 Å². The van der Waals surface area contributed by atoms with Crippen molar-refractivity contribution in [3.63, 3.8) is 0 Å². The Morgan fingerprint density at radius 2 is 1.81 bits per heavy atom. The standard InChI is InChI=1S/C20H22FN3O.C2HF3O2/c21-17-5-3-4-16(12-17)13-24-11-8-20(19(24)25)7-10-23(15-20)14-18-6-1-2-9-22-18;3-2(4,5)1(6)7/h1-6,9,12H,7-8,10-11,13-15H2;(H,6,7). The van der Waals surface area contributed by atoms with Gasteiger partial charge in [-0.2, -0.15) is 13.2 Å². The average molecular weight is 453 g/mol. The molecule has 2 aromatic rings. The van der Waals surface area contributed by atoms with Crippen molar-refractivity contribution >= 4 is 11.9 Å². The predicted molar refractivity (Wildman–Crippen MR) is 107 cm³/mol. The minimum atomic E-state index is -5.08. The van der Waals surface area contributed by atoms with Gasteiger partial charge in [-0.3, -0.25) is 14.7 Å². The summed E-state index contributed by atoms with van der Waals surface area (Å²) in [5.41, 5.74) is 1.64. The maximum atomic E-state index is 13.4. The molecule has 1 N–H and O–H groups in total. The zero-order chi connectivity index (χ0) is 23.4. The van der Waals surface area contributed by atoms with Gasteiger partial charge in [-0.1, -0.05) is 18.2 Å². The Kier molecular flexibility index (Phi) is 7.12. The van der Waals surface area contributed by atoms with Crippen LogP contribution in [0.4, 0.5) is 17.6 Å². The maximum absolute atomic E-state index is 13.4. The summed E-state index contributed by atoms with van der Waals surface area (Å²) in [7, 11) is 0. The molecule has 2 fully saturated rings. The Bertz CT molecular complexity index is 955. The van der Waals surface area contributed by atoms with Crippen LogP contribution in [0.2, 0.25) is 0 Å². The molecular weight excluding hydrogens is 430 g/mol. The zero-order valence-electron chi connectivity index (χ0n) is 17.2. The number of aromatic nitrogens is 1. The number of halogens is 4. The fourth-order valence-corrected chi connectivity index (χ4v) is 4.09. The molecule has 3 heterocycles. The van der Waals surface area contributed by atoms with E-state index in [-0.39, 0.29) is 17.1 Å². The van der Waals surface area contributed by atoms with E-state index in [0.29, 0.717) is 6.54 Å². The number of carbonyl (C=O) groups is 2. The molecular formula is C22H23F4N3O3. The largest absolute Gasteiger partial charge is 0.490 e. The number of amides is 1. The van der Waals surface area contributed by atoms with Gasteiger partial charge in [0.15, 0.2) is 0 Å². The lowest BCUT2D eigenvalue weighted by Crippen LogP contribution is -2.36. The van der Waals surface area contributed by atoms with Gasteiger partial charge >= 0.3 is 12.1 Å². The molecule has 1 spiro atoms. The lowest BCUT2D eigenvalue weighted by molar-refractivity contribution is -0.192. The van der Waals surface area contributed by atoms with Gasteiger partial charge in [0, 0.05) is 32.4 Å². The molecule has 172 valence electrons. The quantitative estimate of drug-likeness (QED) is 0.718. The van der Waals surface area contributed by atoms with Crippen molar-refractivity contribution in [2.45, 2.75) is 32.1 Å². The van der Waals surface area contributed by atoms with Crippen molar-refractivity contribution in [3.8, 4) is 0 Å². The van der Waals surface area contributed by atoms with Crippen molar-refractivity contribution in [1.82, 2.24) is 14.8 Å². The Hall–Kier alpha value is -3.01. The highest BCUT2D eigenvalue weighted by Gasteiger charge is 2.50. The minimum Gasteiger partial charge on any atom is -0.475 e. The topological polar surface area (TPSA) is 73.7 Å². The summed E-state index contributed by atoms with van der Waals surface area (Å²) in [5.74, 6) is -2.78. The number of pyridine rings is 1. The van der Waals surface area contributed by atoms with Gasteiger partial charge in [0.05, 0.1) is 11.1 Å². The van der Waals surface area contributed by atoms with E-state index in [0.717, 1.165) is 50.3 Å². The van der Waals surface area contributed by atoms with Crippen molar-refractivity contribution < 1.29 is 32.3 Å². The molecule has 1 amide bonds. The molecule has 6 nitrogen and oxygen atoms in total. The predicted octanol–water partition coefficient (Wildman–Crippen LogP) is 3.48. The summed E-state index contributed by atoms with van der Waals surface area (Å²) in [4.78, 5) is 30.5. The van der Waals surface area contributed by atoms with Gasteiger partial charge in [0.1, 0.15) is 5.82 Å². The van der Waals surface area contributed by atoms with Crippen molar-refractivity contribution in [2.24, 2.45) is 5.41 Å². The Balaban J connectivity index is 0.000000360. The number of carboxylic acids is 1. The number of benzene rings is 1. The van der Waals surface area contributed by atoms with Crippen LogP contribution in [0.1, 0.15) is 24.1 Å². The molecule has 1 atom stereocenters. The third-order valence-corrected chi connectivity index (χ3v) is 5.65. The smallest absolute Gasteiger partial charge is 0.475 e. The SMILES string of the molecule is O=C(O)C(F)(F)F.O=C1N(Cc2cccc(F)c2)CCC12CCN(Cc1ccccn1)C2. The first kappa shape index (κ1) is 23.6. The molecule has 0 aliphatic carbocycles. The Labute approximate surface area is 182 Å². The lowest BCUT2D eigenvalue weighted by Gasteiger charge is -2.23.